The largest absolute Gasteiger partial charge is 0.171 e. The highest BCUT2D eigenvalue weighted by atomic mass is 35.5. The molecule has 17 heavy (non-hydrogen) atoms. The third-order valence-corrected chi connectivity index (χ3v) is 4.84. The van der Waals surface area contributed by atoms with Crippen molar-refractivity contribution in [1.29, 1.82) is 0 Å². The van der Waals surface area contributed by atoms with Gasteiger partial charge in [0.1, 0.15) is 0 Å². The second-order valence-electron chi connectivity index (χ2n) is 4.11. The van der Waals surface area contributed by atoms with Gasteiger partial charge < -0.3 is 0 Å². The lowest BCUT2D eigenvalue weighted by Crippen LogP contribution is -1.95. The smallest absolute Gasteiger partial charge is 0.0409 e. The number of halogens is 1. The van der Waals surface area contributed by atoms with Crippen molar-refractivity contribution in [2.24, 2.45) is 0 Å². The molecule has 0 bridgehead atoms. The van der Waals surface area contributed by atoms with Crippen LogP contribution < -0.4 is 0 Å². The van der Waals surface area contributed by atoms with Gasteiger partial charge in [0.25, 0.3) is 0 Å². The van der Waals surface area contributed by atoms with Gasteiger partial charge in [0.2, 0.25) is 0 Å². The van der Waals surface area contributed by atoms with Gasteiger partial charge in [0.15, 0.2) is 0 Å². The van der Waals surface area contributed by atoms with Crippen LogP contribution in [0.25, 0.3) is 0 Å². The quantitative estimate of drug-likeness (QED) is 0.660. The zero-order valence-corrected chi connectivity index (χ0v) is 11.5. The van der Waals surface area contributed by atoms with E-state index < -0.39 is 0 Å². The van der Waals surface area contributed by atoms with Crippen LogP contribution in [0.15, 0.2) is 52.3 Å². The number of rotatable bonds is 0. The minimum absolute atomic E-state index is 0.222. The van der Waals surface area contributed by atoms with E-state index in [1.54, 1.807) is 0 Å². The first-order chi connectivity index (χ1) is 8.24. The predicted molar refractivity (Wildman–Crippen MR) is 77.4 cm³/mol. The Balaban J connectivity index is 2.14. The molecule has 0 saturated heterocycles. The summed E-state index contributed by atoms with van der Waals surface area (Å²) in [6.45, 7) is 0. The van der Waals surface area contributed by atoms with Crippen LogP contribution in [0.2, 0.25) is 5.02 Å². The molecule has 0 N–H and O–H groups in total. The first-order valence-electron chi connectivity index (χ1n) is 5.47. The average molecular weight is 279 g/mol. The summed E-state index contributed by atoms with van der Waals surface area (Å²) in [5.74, 6) is 0. The molecular weight excluding hydrogens is 268 g/mol. The number of fused-ring (bicyclic) bond motifs is 2. The van der Waals surface area contributed by atoms with E-state index in [-0.39, 0.29) is 5.25 Å². The normalized spacial score (nSPS) is 18.1. The van der Waals surface area contributed by atoms with Crippen LogP contribution in [0.5, 0.6) is 0 Å². The van der Waals surface area contributed by atoms with Gasteiger partial charge in [-0.3, -0.25) is 0 Å². The lowest BCUT2D eigenvalue weighted by molar-refractivity contribution is 0.909. The zero-order chi connectivity index (χ0) is 11.8. The average Bonchev–Trinajstić information content (AvgIpc) is 2.46. The summed E-state index contributed by atoms with van der Waals surface area (Å²) in [6, 6.07) is 14.6. The summed E-state index contributed by atoms with van der Waals surface area (Å²) in [4.78, 5) is 2.59. The zero-order valence-electron chi connectivity index (χ0n) is 9.06. The molecular formula is C14H11ClS2. The van der Waals surface area contributed by atoms with Crippen LogP contribution in [0, 0.1) is 0 Å². The van der Waals surface area contributed by atoms with E-state index in [9.17, 15) is 0 Å². The van der Waals surface area contributed by atoms with Crippen LogP contribution in [-0.2, 0) is 6.42 Å². The van der Waals surface area contributed by atoms with E-state index in [1.165, 1.54) is 20.9 Å². The topological polar surface area (TPSA) is 0 Å². The van der Waals surface area contributed by atoms with Crippen LogP contribution >= 0.6 is 36.0 Å². The van der Waals surface area contributed by atoms with E-state index in [0.717, 1.165) is 11.4 Å². The molecule has 0 fully saturated rings. The van der Waals surface area contributed by atoms with Crippen LogP contribution in [0.4, 0.5) is 0 Å². The minimum Gasteiger partial charge on any atom is -0.171 e. The van der Waals surface area contributed by atoms with Gasteiger partial charge in [0.05, 0.1) is 0 Å². The maximum absolute atomic E-state index is 6.06. The molecule has 1 atom stereocenters. The Morgan fingerprint density at radius 1 is 1.12 bits per heavy atom. The second kappa shape index (κ2) is 4.60. The SMILES string of the molecule is SC1Cc2ccccc2Sc2ccc(Cl)cc21. The fourth-order valence-electron chi connectivity index (χ4n) is 2.08. The number of thiol groups is 1. The van der Waals surface area contributed by atoms with Crippen molar-refractivity contribution in [3.8, 4) is 0 Å². The lowest BCUT2D eigenvalue weighted by Gasteiger charge is -2.11. The fourth-order valence-corrected chi connectivity index (χ4v) is 3.88. The minimum atomic E-state index is 0.222. The van der Waals surface area contributed by atoms with Crippen molar-refractivity contribution >= 4 is 36.0 Å². The summed E-state index contributed by atoms with van der Waals surface area (Å²) in [6.07, 6.45) is 0.958. The van der Waals surface area contributed by atoms with E-state index >= 15 is 0 Å². The van der Waals surface area contributed by atoms with Gasteiger partial charge in [-0.25, -0.2) is 0 Å². The lowest BCUT2D eigenvalue weighted by atomic mass is 10.0. The van der Waals surface area contributed by atoms with E-state index in [4.69, 9.17) is 24.2 Å². The van der Waals surface area contributed by atoms with E-state index in [1.807, 2.05) is 23.9 Å². The third-order valence-electron chi connectivity index (χ3n) is 2.94. The molecule has 1 unspecified atom stereocenters. The highest BCUT2D eigenvalue weighted by molar-refractivity contribution is 7.99. The molecule has 1 heterocycles. The van der Waals surface area contributed by atoms with Crippen LogP contribution in [0.3, 0.4) is 0 Å². The molecule has 1 aliphatic rings. The summed E-state index contributed by atoms with van der Waals surface area (Å²) < 4.78 is 0. The van der Waals surface area contributed by atoms with Gasteiger partial charge in [0, 0.05) is 20.1 Å². The summed E-state index contributed by atoms with van der Waals surface area (Å²) >= 11 is 12.6. The Kier molecular flexibility index (Phi) is 3.12. The van der Waals surface area contributed by atoms with Crippen molar-refractivity contribution in [1.82, 2.24) is 0 Å². The molecule has 0 aliphatic carbocycles. The Hall–Kier alpha value is -0.570. The Labute approximate surface area is 116 Å². The standard InChI is InChI=1S/C14H11ClS2/c15-10-5-6-14-11(8-10)12(16)7-9-3-1-2-4-13(9)17-14/h1-6,8,12,16H,7H2. The monoisotopic (exact) mass is 278 g/mol. The summed E-state index contributed by atoms with van der Waals surface area (Å²) in [5, 5.41) is 1.01. The van der Waals surface area contributed by atoms with E-state index in [0.29, 0.717) is 0 Å². The Morgan fingerprint density at radius 3 is 2.82 bits per heavy atom. The molecule has 0 nitrogen and oxygen atoms in total. The van der Waals surface area contributed by atoms with Crippen LogP contribution in [0.1, 0.15) is 16.4 Å². The maximum atomic E-state index is 6.06. The van der Waals surface area contributed by atoms with Crippen LogP contribution in [-0.4, -0.2) is 0 Å². The second-order valence-corrected chi connectivity index (χ2v) is 6.26. The molecule has 3 rings (SSSR count). The molecule has 0 aromatic heterocycles. The predicted octanol–water partition coefficient (Wildman–Crippen LogP) is 5.02. The van der Waals surface area contributed by atoms with E-state index in [2.05, 4.69) is 30.3 Å². The van der Waals surface area contributed by atoms with Gasteiger partial charge in [-0.05, 0) is 41.8 Å². The molecule has 0 saturated carbocycles. The molecule has 3 heteroatoms. The van der Waals surface area contributed by atoms with Crippen molar-refractivity contribution in [2.45, 2.75) is 21.5 Å². The molecule has 0 spiro atoms. The van der Waals surface area contributed by atoms with Crippen molar-refractivity contribution in [3.63, 3.8) is 0 Å². The van der Waals surface area contributed by atoms with Gasteiger partial charge in [-0.15, -0.1) is 0 Å². The molecule has 2 aromatic carbocycles. The summed E-state index contributed by atoms with van der Waals surface area (Å²) in [7, 11) is 0. The molecule has 86 valence electrons. The van der Waals surface area contributed by atoms with Crippen molar-refractivity contribution in [2.75, 3.05) is 0 Å². The number of hydrogen-bond donors (Lipinski definition) is 1. The first kappa shape index (κ1) is 11.5. The highest BCUT2D eigenvalue weighted by Gasteiger charge is 2.19. The molecule has 1 aliphatic heterocycles. The number of hydrogen-bond acceptors (Lipinski definition) is 2. The molecule has 2 aromatic rings. The molecule has 0 amide bonds. The maximum Gasteiger partial charge on any atom is 0.0409 e. The van der Waals surface area contributed by atoms with Gasteiger partial charge in [-0.1, -0.05) is 41.6 Å². The van der Waals surface area contributed by atoms with Crippen molar-refractivity contribution < 1.29 is 0 Å². The fraction of sp³-hybridized carbons (Fsp3) is 0.143. The molecule has 0 radical (unpaired) electrons. The number of benzene rings is 2. The van der Waals surface area contributed by atoms with Gasteiger partial charge >= 0.3 is 0 Å². The van der Waals surface area contributed by atoms with Crippen molar-refractivity contribution in [3.05, 3.63) is 58.6 Å². The van der Waals surface area contributed by atoms with Gasteiger partial charge in [-0.2, -0.15) is 12.6 Å². The Bertz CT molecular complexity index is 566. The Morgan fingerprint density at radius 2 is 1.94 bits per heavy atom. The highest BCUT2D eigenvalue weighted by Crippen LogP contribution is 2.43. The third kappa shape index (κ3) is 2.22. The summed E-state index contributed by atoms with van der Waals surface area (Å²) in [5.41, 5.74) is 2.60. The first-order valence-corrected chi connectivity index (χ1v) is 7.18.